The summed E-state index contributed by atoms with van der Waals surface area (Å²) in [6, 6.07) is 15.7. The Bertz CT molecular complexity index is 921. The number of methoxy groups -OCH3 is 1. The van der Waals surface area contributed by atoms with Crippen LogP contribution >= 0.6 is 11.3 Å². The molecule has 0 aliphatic heterocycles. The van der Waals surface area contributed by atoms with Crippen LogP contribution in [-0.4, -0.2) is 36.0 Å². The molecule has 0 atom stereocenters. The van der Waals surface area contributed by atoms with Crippen molar-refractivity contribution in [1.82, 2.24) is 9.88 Å². The predicted octanol–water partition coefficient (Wildman–Crippen LogP) is 4.88. The van der Waals surface area contributed by atoms with E-state index in [1.807, 2.05) is 67.8 Å². The summed E-state index contributed by atoms with van der Waals surface area (Å²) >= 11 is 1.45. The Balaban J connectivity index is 1.77. The first kappa shape index (κ1) is 19.9. The maximum atomic E-state index is 12.5. The number of amides is 1. The Morgan fingerprint density at radius 2 is 1.82 bits per heavy atom. The minimum Gasteiger partial charge on any atom is -0.493 e. The molecule has 5 nitrogen and oxygen atoms in total. The van der Waals surface area contributed by atoms with E-state index in [0.29, 0.717) is 36.9 Å². The molecular weight excluding hydrogens is 372 g/mol. The second kappa shape index (κ2) is 9.37. The molecule has 0 saturated carbocycles. The molecule has 28 heavy (non-hydrogen) atoms. The largest absolute Gasteiger partial charge is 0.493 e. The van der Waals surface area contributed by atoms with Crippen LogP contribution in [0.5, 0.6) is 11.5 Å². The molecule has 1 heterocycles. The van der Waals surface area contributed by atoms with Crippen LogP contribution in [0.2, 0.25) is 0 Å². The Morgan fingerprint density at radius 1 is 1.07 bits per heavy atom. The summed E-state index contributed by atoms with van der Waals surface area (Å²) in [6.07, 6.45) is 0. The lowest BCUT2D eigenvalue weighted by atomic mass is 10.2. The maximum absolute atomic E-state index is 12.5. The third kappa shape index (κ3) is 4.51. The highest BCUT2D eigenvalue weighted by atomic mass is 32.1. The van der Waals surface area contributed by atoms with Gasteiger partial charge in [-0.05, 0) is 37.6 Å². The van der Waals surface area contributed by atoms with Crippen molar-refractivity contribution < 1.29 is 14.3 Å². The number of benzene rings is 2. The molecule has 0 aliphatic rings. The molecule has 1 amide bonds. The Hall–Kier alpha value is -2.86. The Labute approximate surface area is 169 Å². The Morgan fingerprint density at radius 3 is 2.50 bits per heavy atom. The summed E-state index contributed by atoms with van der Waals surface area (Å²) in [5.41, 5.74) is 2.47. The molecule has 0 fully saturated rings. The molecule has 146 valence electrons. The molecule has 2 aromatic carbocycles. The molecular formula is C22H24N2O3S. The van der Waals surface area contributed by atoms with E-state index in [1.54, 1.807) is 12.0 Å². The highest BCUT2D eigenvalue weighted by Crippen LogP contribution is 2.34. The van der Waals surface area contributed by atoms with Gasteiger partial charge in [0.2, 0.25) is 0 Å². The van der Waals surface area contributed by atoms with Crippen LogP contribution in [0.25, 0.3) is 10.6 Å². The maximum Gasteiger partial charge on any atom is 0.273 e. The summed E-state index contributed by atoms with van der Waals surface area (Å²) in [4.78, 5) is 18.8. The van der Waals surface area contributed by atoms with Crippen molar-refractivity contribution in [3.63, 3.8) is 0 Å². The standard InChI is InChI=1S/C22H24N2O3S/c1-4-24(5-2)22(25)18-15-28-21(23-18)17-11-12-19(20(13-17)26-3)27-14-16-9-7-6-8-10-16/h6-13,15H,4-5,14H2,1-3H3. The van der Waals surface area contributed by atoms with Crippen molar-refractivity contribution in [2.45, 2.75) is 20.5 Å². The van der Waals surface area contributed by atoms with Crippen LogP contribution in [0.4, 0.5) is 0 Å². The number of thiazole rings is 1. The minimum absolute atomic E-state index is 0.0396. The molecule has 0 spiro atoms. The fourth-order valence-corrected chi connectivity index (χ4v) is 3.62. The number of carbonyl (C=O) groups is 1. The van der Waals surface area contributed by atoms with Gasteiger partial charge >= 0.3 is 0 Å². The molecule has 0 radical (unpaired) electrons. The van der Waals surface area contributed by atoms with Gasteiger partial charge in [0.1, 0.15) is 17.3 Å². The number of aromatic nitrogens is 1. The number of nitrogens with zero attached hydrogens (tertiary/aromatic N) is 2. The lowest BCUT2D eigenvalue weighted by molar-refractivity contribution is 0.0768. The van der Waals surface area contributed by atoms with Crippen molar-refractivity contribution in [2.75, 3.05) is 20.2 Å². The smallest absolute Gasteiger partial charge is 0.273 e. The zero-order valence-electron chi connectivity index (χ0n) is 16.3. The van der Waals surface area contributed by atoms with E-state index in [0.717, 1.165) is 16.1 Å². The fourth-order valence-electron chi connectivity index (χ4n) is 2.83. The molecule has 0 saturated heterocycles. The topological polar surface area (TPSA) is 51.7 Å². The van der Waals surface area contributed by atoms with Gasteiger partial charge in [-0.2, -0.15) is 0 Å². The molecule has 6 heteroatoms. The van der Waals surface area contributed by atoms with Crippen molar-refractivity contribution in [3.05, 3.63) is 65.2 Å². The third-order valence-electron chi connectivity index (χ3n) is 4.42. The van der Waals surface area contributed by atoms with E-state index in [2.05, 4.69) is 4.98 Å². The lowest BCUT2D eigenvalue weighted by Crippen LogP contribution is -2.30. The normalized spacial score (nSPS) is 10.5. The van der Waals surface area contributed by atoms with Gasteiger partial charge in [-0.3, -0.25) is 4.79 Å². The quantitative estimate of drug-likeness (QED) is 0.545. The minimum atomic E-state index is -0.0396. The lowest BCUT2D eigenvalue weighted by Gasteiger charge is -2.16. The van der Waals surface area contributed by atoms with Crippen molar-refractivity contribution >= 4 is 17.2 Å². The SMILES string of the molecule is CCN(CC)C(=O)c1csc(-c2ccc(OCc3ccccc3)c(OC)c2)n1. The van der Waals surface area contributed by atoms with Crippen LogP contribution in [0.1, 0.15) is 29.9 Å². The average Bonchev–Trinajstić information content (AvgIpc) is 3.24. The van der Waals surface area contributed by atoms with Gasteiger partial charge in [0, 0.05) is 24.0 Å². The van der Waals surface area contributed by atoms with Crippen LogP contribution in [0.15, 0.2) is 53.9 Å². The predicted molar refractivity (Wildman–Crippen MR) is 112 cm³/mol. The van der Waals surface area contributed by atoms with Crippen LogP contribution in [-0.2, 0) is 6.61 Å². The molecule has 3 rings (SSSR count). The zero-order chi connectivity index (χ0) is 19.9. The first-order valence-corrected chi connectivity index (χ1v) is 10.1. The second-order valence-corrected chi connectivity index (χ2v) is 7.01. The fraction of sp³-hybridized carbons (Fsp3) is 0.273. The monoisotopic (exact) mass is 396 g/mol. The summed E-state index contributed by atoms with van der Waals surface area (Å²) < 4.78 is 11.4. The highest BCUT2D eigenvalue weighted by Gasteiger charge is 2.17. The number of carbonyl (C=O) groups excluding carboxylic acids is 1. The van der Waals surface area contributed by atoms with Gasteiger partial charge < -0.3 is 14.4 Å². The average molecular weight is 397 g/mol. The van der Waals surface area contributed by atoms with Gasteiger partial charge in [0.05, 0.1) is 7.11 Å². The molecule has 0 bridgehead atoms. The summed E-state index contributed by atoms with van der Waals surface area (Å²) in [5, 5.41) is 2.59. The van der Waals surface area contributed by atoms with Crippen LogP contribution < -0.4 is 9.47 Å². The van der Waals surface area contributed by atoms with Crippen LogP contribution in [0, 0.1) is 0 Å². The third-order valence-corrected chi connectivity index (χ3v) is 5.31. The number of hydrogen-bond acceptors (Lipinski definition) is 5. The van der Waals surface area contributed by atoms with Crippen LogP contribution in [0.3, 0.4) is 0 Å². The first-order chi connectivity index (χ1) is 13.7. The van der Waals surface area contributed by atoms with E-state index in [9.17, 15) is 4.79 Å². The Kier molecular flexibility index (Phi) is 6.66. The first-order valence-electron chi connectivity index (χ1n) is 9.26. The van der Waals surface area contributed by atoms with E-state index >= 15 is 0 Å². The number of hydrogen-bond donors (Lipinski definition) is 0. The summed E-state index contributed by atoms with van der Waals surface area (Å²) in [7, 11) is 1.62. The molecule has 1 aromatic heterocycles. The van der Waals surface area contributed by atoms with Gasteiger partial charge in [-0.1, -0.05) is 30.3 Å². The number of ether oxygens (including phenoxy) is 2. The van der Waals surface area contributed by atoms with E-state index in [-0.39, 0.29) is 5.91 Å². The highest BCUT2D eigenvalue weighted by molar-refractivity contribution is 7.13. The molecule has 0 N–H and O–H groups in total. The second-order valence-electron chi connectivity index (χ2n) is 6.16. The van der Waals surface area contributed by atoms with Gasteiger partial charge in [0.15, 0.2) is 11.5 Å². The van der Waals surface area contributed by atoms with Gasteiger partial charge in [-0.25, -0.2) is 4.98 Å². The van der Waals surface area contributed by atoms with E-state index in [4.69, 9.17) is 9.47 Å². The van der Waals surface area contributed by atoms with Crippen molar-refractivity contribution in [2.24, 2.45) is 0 Å². The summed E-state index contributed by atoms with van der Waals surface area (Å²) in [6.45, 7) is 5.74. The van der Waals surface area contributed by atoms with Gasteiger partial charge in [0.25, 0.3) is 5.91 Å². The zero-order valence-corrected chi connectivity index (χ0v) is 17.2. The van der Waals surface area contributed by atoms with E-state index in [1.165, 1.54) is 11.3 Å². The number of rotatable bonds is 8. The van der Waals surface area contributed by atoms with E-state index < -0.39 is 0 Å². The molecule has 0 aliphatic carbocycles. The van der Waals surface area contributed by atoms with Gasteiger partial charge in [-0.15, -0.1) is 11.3 Å². The van der Waals surface area contributed by atoms with Crippen molar-refractivity contribution in [1.29, 1.82) is 0 Å². The van der Waals surface area contributed by atoms with Crippen molar-refractivity contribution in [3.8, 4) is 22.1 Å². The molecule has 3 aromatic rings. The molecule has 0 unspecified atom stereocenters. The summed E-state index contributed by atoms with van der Waals surface area (Å²) in [5.74, 6) is 1.27.